The fraction of sp³-hybridized carbons (Fsp3) is 0.292. The molecule has 0 aliphatic rings. The molecule has 2 atom stereocenters. The Labute approximate surface area is 192 Å². The number of benzene rings is 1. The number of nitrogens with one attached hydrogen (secondary N) is 1. The van der Waals surface area contributed by atoms with E-state index in [-0.39, 0.29) is 18.5 Å². The van der Waals surface area contributed by atoms with Crippen molar-refractivity contribution in [3.8, 4) is 17.6 Å². The third-order valence-corrected chi connectivity index (χ3v) is 5.18. The quantitative estimate of drug-likeness (QED) is 0.459. The van der Waals surface area contributed by atoms with Gasteiger partial charge in [-0.25, -0.2) is 9.78 Å². The molecule has 2 heterocycles. The maximum Gasteiger partial charge on any atom is 0.338 e. The maximum atomic E-state index is 12.6. The number of halogens is 1. The number of nitrogens with zero attached hydrogens (tertiary/aromatic N) is 3. The van der Waals surface area contributed by atoms with Crippen LogP contribution in [0.1, 0.15) is 36.2 Å². The summed E-state index contributed by atoms with van der Waals surface area (Å²) in [5.41, 5.74) is 1.45. The second-order valence-electron chi connectivity index (χ2n) is 7.31. The van der Waals surface area contributed by atoms with Crippen molar-refractivity contribution < 1.29 is 14.3 Å². The van der Waals surface area contributed by atoms with Crippen LogP contribution in [0.25, 0.3) is 5.69 Å². The average Bonchev–Trinajstić information content (AvgIpc) is 3.35. The van der Waals surface area contributed by atoms with E-state index in [0.717, 1.165) is 12.1 Å². The first-order valence-electron chi connectivity index (χ1n) is 10.4. The van der Waals surface area contributed by atoms with E-state index >= 15 is 0 Å². The molecule has 0 fully saturated rings. The fourth-order valence-corrected chi connectivity index (χ4v) is 3.00. The second-order valence-corrected chi connectivity index (χ2v) is 7.75. The molecule has 2 aromatic heterocycles. The lowest BCUT2D eigenvalue weighted by molar-refractivity contribution is 0.0165. The molecule has 3 aromatic rings. The SMILES string of the molecule is CCC(C)NCC(COc1ncc(-n2cccc2)cc1C#N)OC(=O)c1ccc(Cl)cc1. The van der Waals surface area contributed by atoms with Crippen LogP contribution >= 0.6 is 11.6 Å². The number of rotatable bonds is 10. The summed E-state index contributed by atoms with van der Waals surface area (Å²) in [6, 6.07) is 14.3. The normalized spacial score (nSPS) is 12.6. The number of esters is 1. The van der Waals surface area contributed by atoms with Gasteiger partial charge < -0.3 is 19.4 Å². The monoisotopic (exact) mass is 452 g/mol. The minimum atomic E-state index is -0.579. The van der Waals surface area contributed by atoms with E-state index in [0.29, 0.717) is 22.7 Å². The molecule has 0 aliphatic carbocycles. The topological polar surface area (TPSA) is 89.2 Å². The van der Waals surface area contributed by atoms with Gasteiger partial charge in [-0.2, -0.15) is 5.26 Å². The van der Waals surface area contributed by atoms with Crippen molar-refractivity contribution in [3.63, 3.8) is 0 Å². The molecular formula is C24H25ClN4O3. The first-order valence-corrected chi connectivity index (χ1v) is 10.7. The summed E-state index contributed by atoms with van der Waals surface area (Å²) in [4.78, 5) is 16.9. The van der Waals surface area contributed by atoms with Crippen molar-refractivity contribution in [2.45, 2.75) is 32.4 Å². The summed E-state index contributed by atoms with van der Waals surface area (Å²) < 4.78 is 13.3. The molecule has 0 amide bonds. The summed E-state index contributed by atoms with van der Waals surface area (Å²) in [6.07, 6.45) is 5.71. The van der Waals surface area contributed by atoms with Gasteiger partial charge in [-0.1, -0.05) is 18.5 Å². The Kier molecular flexibility index (Phi) is 8.26. The van der Waals surface area contributed by atoms with Crippen LogP contribution in [0.15, 0.2) is 61.1 Å². The summed E-state index contributed by atoms with van der Waals surface area (Å²) in [7, 11) is 0. The first kappa shape index (κ1) is 23.3. The Morgan fingerprint density at radius 1 is 1.28 bits per heavy atom. The molecule has 0 aliphatic heterocycles. The predicted octanol–water partition coefficient (Wildman–Crippen LogP) is 4.39. The summed E-state index contributed by atoms with van der Waals surface area (Å²) in [5.74, 6) is -0.280. The summed E-state index contributed by atoms with van der Waals surface area (Å²) in [5, 5.41) is 13.4. The second kappa shape index (κ2) is 11.3. The van der Waals surface area contributed by atoms with Gasteiger partial charge in [-0.15, -0.1) is 0 Å². The number of nitriles is 1. The van der Waals surface area contributed by atoms with Crippen LogP contribution in [-0.2, 0) is 4.74 Å². The maximum absolute atomic E-state index is 12.6. The molecule has 0 spiro atoms. The molecule has 2 unspecified atom stereocenters. The standard InChI is InChI=1S/C24H25ClN4O3/c1-3-17(2)27-15-22(32-24(30)18-6-8-20(25)9-7-18)16-31-23-19(13-26)12-21(14-28-23)29-10-4-5-11-29/h4-12,14,17,22,27H,3,15-16H2,1-2H3. The first-order chi connectivity index (χ1) is 15.5. The zero-order valence-corrected chi connectivity index (χ0v) is 18.7. The van der Waals surface area contributed by atoms with Gasteiger partial charge in [0.2, 0.25) is 5.88 Å². The summed E-state index contributed by atoms with van der Waals surface area (Å²) in [6.45, 7) is 4.57. The Morgan fingerprint density at radius 2 is 2.00 bits per heavy atom. The molecule has 0 saturated heterocycles. The van der Waals surface area contributed by atoms with Gasteiger partial charge in [-0.3, -0.25) is 0 Å². The van der Waals surface area contributed by atoms with Crippen LogP contribution in [0.3, 0.4) is 0 Å². The smallest absolute Gasteiger partial charge is 0.338 e. The predicted molar refractivity (Wildman–Crippen MR) is 122 cm³/mol. The van der Waals surface area contributed by atoms with Crippen molar-refractivity contribution in [3.05, 3.63) is 77.2 Å². The van der Waals surface area contributed by atoms with Crippen LogP contribution in [0.2, 0.25) is 5.02 Å². The number of carbonyl (C=O) groups is 1. The van der Waals surface area contributed by atoms with Gasteiger partial charge in [0.05, 0.1) is 17.4 Å². The number of aromatic nitrogens is 2. The van der Waals surface area contributed by atoms with Crippen LogP contribution < -0.4 is 10.1 Å². The van der Waals surface area contributed by atoms with E-state index in [2.05, 4.69) is 23.3 Å². The van der Waals surface area contributed by atoms with Gasteiger partial charge in [0.1, 0.15) is 24.3 Å². The van der Waals surface area contributed by atoms with Crippen molar-refractivity contribution >= 4 is 17.6 Å². The van der Waals surface area contributed by atoms with Gasteiger partial charge >= 0.3 is 5.97 Å². The summed E-state index contributed by atoms with van der Waals surface area (Å²) >= 11 is 5.90. The Balaban J connectivity index is 1.70. The van der Waals surface area contributed by atoms with Gasteiger partial charge in [0.25, 0.3) is 0 Å². The zero-order chi connectivity index (χ0) is 22.9. The van der Waals surface area contributed by atoms with E-state index in [9.17, 15) is 10.1 Å². The average molecular weight is 453 g/mol. The number of pyridine rings is 1. The molecule has 7 nitrogen and oxygen atoms in total. The number of hydrogen-bond donors (Lipinski definition) is 1. The molecule has 1 N–H and O–H groups in total. The van der Waals surface area contributed by atoms with Gasteiger partial charge in [0, 0.05) is 30.0 Å². The molecule has 3 rings (SSSR count). The molecule has 8 heteroatoms. The van der Waals surface area contributed by atoms with Crippen molar-refractivity contribution in [2.24, 2.45) is 0 Å². The van der Waals surface area contributed by atoms with Crippen LogP contribution in [0.5, 0.6) is 5.88 Å². The van der Waals surface area contributed by atoms with Crippen LogP contribution in [-0.4, -0.2) is 40.8 Å². The van der Waals surface area contributed by atoms with E-state index in [1.54, 1.807) is 36.5 Å². The number of hydrogen-bond acceptors (Lipinski definition) is 6. The van der Waals surface area contributed by atoms with E-state index in [1.807, 2.05) is 36.0 Å². The minimum Gasteiger partial charge on any atom is -0.473 e. The fourth-order valence-electron chi connectivity index (χ4n) is 2.87. The highest BCUT2D eigenvalue weighted by Crippen LogP contribution is 2.19. The van der Waals surface area contributed by atoms with Gasteiger partial charge in [0.15, 0.2) is 0 Å². The zero-order valence-electron chi connectivity index (χ0n) is 18.0. The van der Waals surface area contributed by atoms with E-state index in [1.165, 1.54) is 0 Å². The highest BCUT2D eigenvalue weighted by Gasteiger charge is 2.19. The molecule has 1 aromatic carbocycles. The molecule has 0 saturated carbocycles. The number of ether oxygens (including phenoxy) is 2. The molecule has 0 bridgehead atoms. The minimum absolute atomic E-state index is 0.0489. The molecule has 32 heavy (non-hydrogen) atoms. The van der Waals surface area contributed by atoms with Crippen molar-refractivity contribution in [1.82, 2.24) is 14.9 Å². The lowest BCUT2D eigenvalue weighted by Gasteiger charge is -2.21. The van der Waals surface area contributed by atoms with Crippen molar-refractivity contribution in [2.75, 3.05) is 13.2 Å². The number of carbonyl (C=O) groups excluding carboxylic acids is 1. The third kappa shape index (κ3) is 6.33. The van der Waals surface area contributed by atoms with Crippen LogP contribution in [0.4, 0.5) is 0 Å². The van der Waals surface area contributed by atoms with E-state index in [4.69, 9.17) is 21.1 Å². The highest BCUT2D eigenvalue weighted by atomic mass is 35.5. The highest BCUT2D eigenvalue weighted by molar-refractivity contribution is 6.30. The molecular weight excluding hydrogens is 428 g/mol. The Hall–Kier alpha value is -3.34. The third-order valence-electron chi connectivity index (χ3n) is 4.93. The van der Waals surface area contributed by atoms with E-state index < -0.39 is 12.1 Å². The lowest BCUT2D eigenvalue weighted by atomic mass is 10.2. The lowest BCUT2D eigenvalue weighted by Crippen LogP contribution is -2.39. The Bertz CT molecular complexity index is 1060. The van der Waals surface area contributed by atoms with Crippen molar-refractivity contribution in [1.29, 1.82) is 5.26 Å². The van der Waals surface area contributed by atoms with Crippen LogP contribution in [0, 0.1) is 11.3 Å². The molecule has 166 valence electrons. The Morgan fingerprint density at radius 3 is 2.66 bits per heavy atom. The largest absolute Gasteiger partial charge is 0.473 e. The molecule has 0 radical (unpaired) electrons. The van der Waals surface area contributed by atoms with Gasteiger partial charge in [-0.05, 0) is 55.8 Å².